The van der Waals surface area contributed by atoms with Crippen LogP contribution in [0.5, 0.6) is 5.75 Å². The number of esters is 2. The van der Waals surface area contributed by atoms with E-state index in [0.29, 0.717) is 12.8 Å². The quantitative estimate of drug-likeness (QED) is 0.578. The molecule has 1 rings (SSSR count). The zero-order valence-corrected chi connectivity index (χ0v) is 11.3. The Hall–Kier alpha value is -2.04. The molecule has 0 aliphatic carbocycles. The molecule has 0 saturated carbocycles. The van der Waals surface area contributed by atoms with Crippen molar-refractivity contribution in [1.82, 2.24) is 0 Å². The molecule has 1 aromatic carbocycles. The Bertz CT molecular complexity index is 408. The number of carbonyl (C=O) groups excluding carboxylic acids is 2. The lowest BCUT2D eigenvalue weighted by Crippen LogP contribution is -2.27. The molecule has 0 atom stereocenters. The zero-order valence-electron chi connectivity index (χ0n) is 11.3. The molecule has 0 heterocycles. The van der Waals surface area contributed by atoms with Crippen LogP contribution in [0.15, 0.2) is 24.3 Å². The topological polar surface area (TPSA) is 61.8 Å². The van der Waals surface area contributed by atoms with Crippen LogP contribution in [0.4, 0.5) is 0 Å². The predicted molar refractivity (Wildman–Crippen MR) is 68.8 cm³/mol. The van der Waals surface area contributed by atoms with E-state index in [1.54, 1.807) is 7.11 Å². The summed E-state index contributed by atoms with van der Waals surface area (Å²) >= 11 is 0. The Morgan fingerprint density at radius 1 is 1.00 bits per heavy atom. The van der Waals surface area contributed by atoms with Gasteiger partial charge in [-0.05, 0) is 30.5 Å². The minimum atomic E-state index is -0.878. The Balaban J connectivity index is 2.64. The number of hydrogen-bond acceptors (Lipinski definition) is 5. The van der Waals surface area contributed by atoms with Crippen molar-refractivity contribution in [2.45, 2.75) is 12.8 Å². The lowest BCUT2D eigenvalue weighted by Gasteiger charge is -2.12. The van der Waals surface area contributed by atoms with Crippen molar-refractivity contribution in [3.05, 3.63) is 29.8 Å². The molecule has 5 heteroatoms. The van der Waals surface area contributed by atoms with Gasteiger partial charge in [0.15, 0.2) is 5.92 Å². The maximum Gasteiger partial charge on any atom is 0.320 e. The van der Waals surface area contributed by atoms with Gasteiger partial charge in [-0.25, -0.2) is 0 Å². The van der Waals surface area contributed by atoms with Crippen molar-refractivity contribution >= 4 is 11.9 Å². The molecule has 0 fully saturated rings. The summed E-state index contributed by atoms with van der Waals surface area (Å²) in [5, 5.41) is 0. The first-order chi connectivity index (χ1) is 9.12. The monoisotopic (exact) mass is 266 g/mol. The molecule has 0 amide bonds. The Morgan fingerprint density at radius 2 is 1.53 bits per heavy atom. The summed E-state index contributed by atoms with van der Waals surface area (Å²) in [6.07, 6.45) is 0.935. The smallest absolute Gasteiger partial charge is 0.320 e. The van der Waals surface area contributed by atoms with Crippen molar-refractivity contribution < 1.29 is 23.8 Å². The van der Waals surface area contributed by atoms with Crippen molar-refractivity contribution in [1.29, 1.82) is 0 Å². The standard InChI is InChI=1S/C14H18O5/c1-17-11-7-4-10(5-8-11)6-9-12(13(15)18-2)14(16)19-3/h4-5,7-8,12H,6,9H2,1-3H3. The highest BCUT2D eigenvalue weighted by Crippen LogP contribution is 2.16. The van der Waals surface area contributed by atoms with Gasteiger partial charge in [0.1, 0.15) is 5.75 Å². The summed E-state index contributed by atoms with van der Waals surface area (Å²) in [6, 6.07) is 7.45. The first-order valence-corrected chi connectivity index (χ1v) is 5.91. The summed E-state index contributed by atoms with van der Waals surface area (Å²) in [7, 11) is 4.11. The molecule has 19 heavy (non-hydrogen) atoms. The van der Waals surface area contributed by atoms with Gasteiger partial charge in [0, 0.05) is 0 Å². The normalized spacial score (nSPS) is 10.1. The van der Waals surface area contributed by atoms with Crippen LogP contribution in [-0.4, -0.2) is 33.3 Å². The lowest BCUT2D eigenvalue weighted by molar-refractivity contribution is -0.159. The van der Waals surface area contributed by atoms with Crippen LogP contribution < -0.4 is 4.74 Å². The molecular weight excluding hydrogens is 248 g/mol. The summed E-state index contributed by atoms with van der Waals surface area (Å²) in [5.74, 6) is -1.25. The van der Waals surface area contributed by atoms with Crippen molar-refractivity contribution in [2.24, 2.45) is 5.92 Å². The fourth-order valence-corrected chi connectivity index (χ4v) is 1.72. The average molecular weight is 266 g/mol. The largest absolute Gasteiger partial charge is 0.497 e. The summed E-state index contributed by atoms with van der Waals surface area (Å²) in [4.78, 5) is 23.0. The maximum absolute atomic E-state index is 11.5. The molecule has 1 aromatic rings. The fraction of sp³-hybridized carbons (Fsp3) is 0.429. The average Bonchev–Trinajstić information content (AvgIpc) is 2.47. The van der Waals surface area contributed by atoms with Crippen LogP contribution in [0, 0.1) is 5.92 Å². The van der Waals surface area contributed by atoms with E-state index >= 15 is 0 Å². The van der Waals surface area contributed by atoms with Crippen LogP contribution in [0.25, 0.3) is 0 Å². The highest BCUT2D eigenvalue weighted by molar-refractivity contribution is 5.94. The number of aryl methyl sites for hydroxylation is 1. The molecule has 104 valence electrons. The predicted octanol–water partition coefficient (Wildman–Crippen LogP) is 1.59. The number of benzene rings is 1. The SMILES string of the molecule is COC(=O)C(CCc1ccc(OC)cc1)C(=O)OC. The lowest BCUT2D eigenvalue weighted by atomic mass is 9.99. The number of methoxy groups -OCH3 is 3. The van der Waals surface area contributed by atoms with E-state index in [1.165, 1.54) is 14.2 Å². The first kappa shape index (κ1) is 15.0. The van der Waals surface area contributed by atoms with E-state index in [9.17, 15) is 9.59 Å². The molecule has 0 aliphatic heterocycles. The molecular formula is C14H18O5. The van der Waals surface area contributed by atoms with Crippen LogP contribution in [0.3, 0.4) is 0 Å². The summed E-state index contributed by atoms with van der Waals surface area (Å²) in [6.45, 7) is 0. The van der Waals surface area contributed by atoms with Gasteiger partial charge in [-0.15, -0.1) is 0 Å². The third-order valence-electron chi connectivity index (χ3n) is 2.85. The fourth-order valence-electron chi connectivity index (χ4n) is 1.72. The van der Waals surface area contributed by atoms with Crippen molar-refractivity contribution in [3.8, 4) is 5.75 Å². The van der Waals surface area contributed by atoms with Crippen molar-refractivity contribution in [2.75, 3.05) is 21.3 Å². The van der Waals surface area contributed by atoms with E-state index in [0.717, 1.165) is 11.3 Å². The summed E-state index contributed by atoms with van der Waals surface area (Å²) in [5.41, 5.74) is 1.01. The van der Waals surface area contributed by atoms with E-state index in [1.807, 2.05) is 24.3 Å². The van der Waals surface area contributed by atoms with Gasteiger partial charge >= 0.3 is 11.9 Å². The van der Waals surface area contributed by atoms with Gasteiger partial charge in [-0.3, -0.25) is 9.59 Å². The molecule has 0 spiro atoms. The van der Waals surface area contributed by atoms with Crippen LogP contribution in [0.2, 0.25) is 0 Å². The third-order valence-corrected chi connectivity index (χ3v) is 2.85. The Morgan fingerprint density at radius 3 is 1.95 bits per heavy atom. The molecule has 0 saturated heterocycles. The Kier molecular flexibility index (Phi) is 5.85. The molecule has 0 unspecified atom stereocenters. The van der Waals surface area contributed by atoms with Crippen LogP contribution in [-0.2, 0) is 25.5 Å². The van der Waals surface area contributed by atoms with Crippen LogP contribution >= 0.6 is 0 Å². The number of ether oxygens (including phenoxy) is 3. The van der Waals surface area contributed by atoms with E-state index in [2.05, 4.69) is 9.47 Å². The third kappa shape index (κ3) is 4.28. The van der Waals surface area contributed by atoms with Gasteiger partial charge < -0.3 is 14.2 Å². The van der Waals surface area contributed by atoms with E-state index in [-0.39, 0.29) is 0 Å². The zero-order chi connectivity index (χ0) is 14.3. The molecule has 0 aromatic heterocycles. The molecule has 0 bridgehead atoms. The first-order valence-electron chi connectivity index (χ1n) is 5.91. The molecule has 0 N–H and O–H groups in total. The van der Waals surface area contributed by atoms with Gasteiger partial charge in [-0.1, -0.05) is 12.1 Å². The number of carbonyl (C=O) groups is 2. The van der Waals surface area contributed by atoms with Gasteiger partial charge in [-0.2, -0.15) is 0 Å². The molecule has 0 radical (unpaired) electrons. The second kappa shape index (κ2) is 7.41. The number of hydrogen-bond donors (Lipinski definition) is 0. The minimum Gasteiger partial charge on any atom is -0.497 e. The highest BCUT2D eigenvalue weighted by Gasteiger charge is 2.28. The Labute approximate surface area is 112 Å². The molecule has 0 aliphatic rings. The summed E-state index contributed by atoms with van der Waals surface area (Å²) < 4.78 is 14.3. The second-order valence-electron chi connectivity index (χ2n) is 3.99. The maximum atomic E-state index is 11.5. The van der Waals surface area contributed by atoms with Crippen LogP contribution in [0.1, 0.15) is 12.0 Å². The second-order valence-corrected chi connectivity index (χ2v) is 3.99. The van der Waals surface area contributed by atoms with E-state index < -0.39 is 17.9 Å². The van der Waals surface area contributed by atoms with E-state index in [4.69, 9.17) is 4.74 Å². The highest BCUT2D eigenvalue weighted by atomic mass is 16.5. The van der Waals surface area contributed by atoms with Gasteiger partial charge in [0.25, 0.3) is 0 Å². The molecule has 5 nitrogen and oxygen atoms in total. The minimum absolute atomic E-state index is 0.353. The number of rotatable bonds is 6. The van der Waals surface area contributed by atoms with Gasteiger partial charge in [0.05, 0.1) is 21.3 Å². The van der Waals surface area contributed by atoms with Gasteiger partial charge in [0.2, 0.25) is 0 Å². The van der Waals surface area contributed by atoms with Crippen molar-refractivity contribution in [3.63, 3.8) is 0 Å².